The lowest BCUT2D eigenvalue weighted by molar-refractivity contribution is -0.188. The Bertz CT molecular complexity index is 940. The standard InChI is InChI=1S/C66H130O7/c1-7-11-15-43-51-59-69-65(70-60-52-44-16-12-8-2)57-49-41-37-33-29-25-21-19-23-27-31-35-39-47-55-63(67-5)73-64(68-6)56-48-40-36-32-28-24-20-22-26-30-34-38-42-50-58-66(71-61-53-45-17-13-9-3)72-62-54-46-18-14-10-4/h47-48,55-56,63-66H,7-46,49-54,57-62H2,1-6H3. The predicted molar refractivity (Wildman–Crippen MR) is 317 cm³/mol. The predicted octanol–water partition coefficient (Wildman–Crippen LogP) is 21.6. The Hall–Kier alpha value is -0.800. The molecule has 0 aliphatic rings. The van der Waals surface area contributed by atoms with Gasteiger partial charge in [0, 0.05) is 40.6 Å². The summed E-state index contributed by atoms with van der Waals surface area (Å²) in [4.78, 5) is 0. The molecule has 0 N–H and O–H groups in total. The second kappa shape index (κ2) is 63.7. The highest BCUT2D eigenvalue weighted by Gasteiger charge is 2.12. The zero-order valence-electron chi connectivity index (χ0n) is 50.2. The number of hydrogen-bond donors (Lipinski definition) is 0. The Balaban J connectivity index is 3.87. The summed E-state index contributed by atoms with van der Waals surface area (Å²) >= 11 is 0. The maximum atomic E-state index is 6.21. The van der Waals surface area contributed by atoms with Gasteiger partial charge in [-0.15, -0.1) is 0 Å². The Labute approximate surface area is 457 Å². The molecule has 2 unspecified atom stereocenters. The second-order valence-electron chi connectivity index (χ2n) is 21.8. The lowest BCUT2D eigenvalue weighted by Gasteiger charge is -2.19. The average molecular weight is 1040 g/mol. The van der Waals surface area contributed by atoms with Gasteiger partial charge in [0.15, 0.2) is 25.2 Å². The Morgan fingerprint density at radius 3 is 0.726 bits per heavy atom. The number of rotatable bonds is 64. The zero-order chi connectivity index (χ0) is 52.9. The van der Waals surface area contributed by atoms with E-state index in [2.05, 4.69) is 39.8 Å². The molecule has 0 spiro atoms. The van der Waals surface area contributed by atoms with Gasteiger partial charge < -0.3 is 33.2 Å². The van der Waals surface area contributed by atoms with Crippen LogP contribution < -0.4 is 0 Å². The highest BCUT2D eigenvalue weighted by atomic mass is 16.8. The van der Waals surface area contributed by atoms with Crippen LogP contribution in [0.15, 0.2) is 24.3 Å². The summed E-state index contributed by atoms with van der Waals surface area (Å²) in [6.07, 6.45) is 69.8. The average Bonchev–Trinajstić information content (AvgIpc) is 3.40. The van der Waals surface area contributed by atoms with Gasteiger partial charge in [-0.1, -0.05) is 271 Å². The van der Waals surface area contributed by atoms with Gasteiger partial charge in [-0.05, 0) is 89.2 Å². The third-order valence-electron chi connectivity index (χ3n) is 14.6. The molecule has 0 amide bonds. The van der Waals surface area contributed by atoms with Crippen molar-refractivity contribution in [3.05, 3.63) is 24.3 Å². The van der Waals surface area contributed by atoms with Crippen molar-refractivity contribution in [3.63, 3.8) is 0 Å². The van der Waals surface area contributed by atoms with Crippen LogP contribution in [0.4, 0.5) is 0 Å². The van der Waals surface area contributed by atoms with Gasteiger partial charge in [0.1, 0.15) is 0 Å². The molecule has 0 fully saturated rings. The van der Waals surface area contributed by atoms with E-state index in [0.29, 0.717) is 0 Å². The van der Waals surface area contributed by atoms with Crippen LogP contribution in [-0.2, 0) is 33.2 Å². The van der Waals surface area contributed by atoms with Crippen LogP contribution in [0.1, 0.15) is 336 Å². The highest BCUT2D eigenvalue weighted by Crippen LogP contribution is 2.19. The molecule has 2 atom stereocenters. The van der Waals surface area contributed by atoms with E-state index in [4.69, 9.17) is 33.2 Å². The minimum Gasteiger partial charge on any atom is -0.353 e. The highest BCUT2D eigenvalue weighted by molar-refractivity contribution is 4.89. The molecule has 0 aromatic rings. The van der Waals surface area contributed by atoms with Crippen molar-refractivity contribution in [2.75, 3.05) is 40.6 Å². The van der Waals surface area contributed by atoms with E-state index < -0.39 is 0 Å². The molecule has 0 rings (SSSR count). The topological polar surface area (TPSA) is 64.6 Å². The lowest BCUT2D eigenvalue weighted by Crippen LogP contribution is -2.22. The van der Waals surface area contributed by atoms with Crippen molar-refractivity contribution in [3.8, 4) is 0 Å². The lowest BCUT2D eigenvalue weighted by atomic mass is 10.0. The minimum absolute atomic E-state index is 0.00890. The van der Waals surface area contributed by atoms with Crippen molar-refractivity contribution in [1.29, 1.82) is 0 Å². The summed E-state index contributed by atoms with van der Waals surface area (Å²) in [7, 11) is 3.42. The molecular weight excluding hydrogens is 905 g/mol. The Morgan fingerprint density at radius 2 is 0.479 bits per heavy atom. The van der Waals surface area contributed by atoms with Crippen LogP contribution in [0.3, 0.4) is 0 Å². The quantitative estimate of drug-likeness (QED) is 0.0342. The number of hydrogen-bond acceptors (Lipinski definition) is 7. The summed E-state index contributed by atoms with van der Waals surface area (Å²) in [6, 6.07) is 0. The van der Waals surface area contributed by atoms with Crippen molar-refractivity contribution in [2.24, 2.45) is 0 Å². The molecule has 0 saturated carbocycles. The molecule has 7 heteroatoms. The van der Waals surface area contributed by atoms with Gasteiger partial charge in [0.05, 0.1) is 0 Å². The van der Waals surface area contributed by atoms with Crippen LogP contribution in [-0.4, -0.2) is 65.8 Å². The molecular formula is C66H130O7. The van der Waals surface area contributed by atoms with Crippen molar-refractivity contribution < 1.29 is 33.2 Å². The van der Waals surface area contributed by atoms with Gasteiger partial charge in [-0.3, -0.25) is 0 Å². The summed E-state index contributed by atoms with van der Waals surface area (Å²) in [5.41, 5.74) is 0. The van der Waals surface area contributed by atoms with Crippen LogP contribution in [0, 0.1) is 0 Å². The Morgan fingerprint density at radius 1 is 0.260 bits per heavy atom. The van der Waals surface area contributed by atoms with Crippen LogP contribution in [0.25, 0.3) is 0 Å². The third-order valence-corrected chi connectivity index (χ3v) is 14.6. The van der Waals surface area contributed by atoms with Crippen LogP contribution >= 0.6 is 0 Å². The van der Waals surface area contributed by atoms with E-state index in [-0.39, 0.29) is 25.2 Å². The summed E-state index contributed by atoms with van der Waals surface area (Å²) in [6.45, 7) is 12.5. The van der Waals surface area contributed by atoms with Gasteiger partial charge in [0.25, 0.3) is 0 Å². The minimum atomic E-state index is -0.388. The molecule has 0 aliphatic heterocycles. The maximum Gasteiger partial charge on any atom is 0.179 e. The van der Waals surface area contributed by atoms with E-state index in [1.807, 2.05) is 12.2 Å². The maximum absolute atomic E-state index is 6.21. The summed E-state index contributed by atoms with van der Waals surface area (Å²) in [5, 5.41) is 0. The molecule has 0 heterocycles. The second-order valence-corrected chi connectivity index (χ2v) is 21.8. The first kappa shape index (κ1) is 72.2. The van der Waals surface area contributed by atoms with Crippen molar-refractivity contribution in [2.45, 2.75) is 361 Å². The first-order valence-corrected chi connectivity index (χ1v) is 32.7. The first-order chi connectivity index (χ1) is 36.1. The number of allylic oxidation sites excluding steroid dienone is 2. The molecule has 0 saturated heterocycles. The van der Waals surface area contributed by atoms with Crippen molar-refractivity contribution in [1.82, 2.24) is 0 Å². The van der Waals surface area contributed by atoms with Gasteiger partial charge >= 0.3 is 0 Å². The fourth-order valence-corrected chi connectivity index (χ4v) is 9.70. The van der Waals surface area contributed by atoms with E-state index in [9.17, 15) is 0 Å². The van der Waals surface area contributed by atoms with E-state index in [1.165, 1.54) is 283 Å². The fraction of sp³-hybridized carbons (Fsp3) is 0.939. The Kier molecular flexibility index (Phi) is 63.0. The van der Waals surface area contributed by atoms with Crippen LogP contribution in [0.5, 0.6) is 0 Å². The van der Waals surface area contributed by atoms with Gasteiger partial charge in [-0.25, -0.2) is 0 Å². The van der Waals surface area contributed by atoms with Gasteiger partial charge in [0.2, 0.25) is 0 Å². The largest absolute Gasteiger partial charge is 0.353 e. The fourth-order valence-electron chi connectivity index (χ4n) is 9.70. The molecule has 0 aromatic carbocycles. The number of ether oxygens (including phenoxy) is 7. The molecule has 0 aromatic heterocycles. The van der Waals surface area contributed by atoms with E-state index >= 15 is 0 Å². The third kappa shape index (κ3) is 57.2. The van der Waals surface area contributed by atoms with E-state index in [0.717, 1.165) is 52.1 Å². The number of methoxy groups -OCH3 is 2. The van der Waals surface area contributed by atoms with Crippen LogP contribution in [0.2, 0.25) is 0 Å². The molecule has 0 aliphatic carbocycles. The molecule has 0 bridgehead atoms. The van der Waals surface area contributed by atoms with Crippen molar-refractivity contribution >= 4 is 0 Å². The molecule has 7 nitrogen and oxygen atoms in total. The normalized spacial score (nSPS) is 13.0. The first-order valence-electron chi connectivity index (χ1n) is 32.7. The SMILES string of the molecule is CCCCCCCOC(CCCCCCCCCCCCCCC=CC(OC)OC(C=CCCCCCCCCCCCCCCC(OCCCCCCC)OCCCCCCC)OC)OCCCCCCC. The monoisotopic (exact) mass is 1030 g/mol. The smallest absolute Gasteiger partial charge is 0.179 e. The summed E-state index contributed by atoms with van der Waals surface area (Å²) < 4.78 is 42.1. The zero-order valence-corrected chi connectivity index (χ0v) is 50.2. The molecule has 0 radical (unpaired) electrons. The molecule has 436 valence electrons. The molecule has 73 heavy (non-hydrogen) atoms. The van der Waals surface area contributed by atoms with E-state index in [1.54, 1.807) is 14.2 Å². The van der Waals surface area contributed by atoms with Gasteiger partial charge in [-0.2, -0.15) is 0 Å². The number of unbranched alkanes of at least 4 members (excludes halogenated alkanes) is 40. The summed E-state index contributed by atoms with van der Waals surface area (Å²) in [5.74, 6) is 0.